The molecular formula is C30H38N6O9. The number of oxazole rings is 1. The van der Waals surface area contributed by atoms with E-state index >= 15 is 0 Å². The van der Waals surface area contributed by atoms with E-state index in [1.165, 1.54) is 4.90 Å². The molecule has 0 unspecified atom stereocenters. The van der Waals surface area contributed by atoms with E-state index in [-0.39, 0.29) is 24.3 Å². The second-order valence-electron chi connectivity index (χ2n) is 12.0. The fourth-order valence-electron chi connectivity index (χ4n) is 5.44. The van der Waals surface area contributed by atoms with E-state index in [0.29, 0.717) is 23.9 Å². The summed E-state index contributed by atoms with van der Waals surface area (Å²) in [5.74, 6) is -5.47. The molecule has 2 aromatic rings. The Balaban J connectivity index is 1.40. The van der Waals surface area contributed by atoms with Crippen molar-refractivity contribution in [3.05, 3.63) is 30.2 Å². The molecular weight excluding hydrogens is 588 g/mol. The molecule has 3 heterocycles. The average molecular weight is 627 g/mol. The summed E-state index contributed by atoms with van der Waals surface area (Å²) < 4.78 is 5.62. The van der Waals surface area contributed by atoms with Crippen LogP contribution in [0.5, 0.6) is 0 Å². The molecule has 15 heteroatoms. The van der Waals surface area contributed by atoms with Crippen LogP contribution < -0.4 is 10.6 Å². The van der Waals surface area contributed by atoms with Gasteiger partial charge in [0.05, 0.1) is 6.04 Å². The van der Waals surface area contributed by atoms with Gasteiger partial charge in [0.1, 0.15) is 43.8 Å². The largest absolute Gasteiger partial charge is 0.480 e. The quantitative estimate of drug-likeness (QED) is 0.270. The van der Waals surface area contributed by atoms with E-state index in [1.807, 2.05) is 0 Å². The van der Waals surface area contributed by atoms with Crippen LogP contribution in [-0.2, 0) is 28.8 Å². The molecule has 0 aliphatic carbocycles. The summed E-state index contributed by atoms with van der Waals surface area (Å²) >= 11 is 0. The van der Waals surface area contributed by atoms with E-state index in [2.05, 4.69) is 15.6 Å². The molecule has 2 aliphatic heterocycles. The zero-order chi connectivity index (χ0) is 33.0. The second kappa shape index (κ2) is 13.9. The standard InChI is InChI=1S/C30H38N6O9/c1-16(2)25(27(42)29-31-18-8-5-6-10-20(18)45-29)33-28(43)19-9-7-11-36(19)30(44)26(17(3)4)32-21(37)12-34-13-23(39)35(14-22(34)38)15-24(40)41/h5-6,8,10,16-17,19,25-26H,7,9,11-15H2,1-4H3,(H,32,37)(H,33,43)(H,40,41)/t19-,25-,26-/m0/s1. The molecule has 45 heavy (non-hydrogen) atoms. The van der Waals surface area contributed by atoms with E-state index in [4.69, 9.17) is 9.52 Å². The van der Waals surface area contributed by atoms with Crippen LogP contribution >= 0.6 is 0 Å². The predicted octanol–water partition coefficient (Wildman–Crippen LogP) is 0.0385. The number of likely N-dealkylation sites (tertiary alicyclic amines) is 1. The van der Waals surface area contributed by atoms with E-state index in [1.54, 1.807) is 52.0 Å². The fourth-order valence-corrected chi connectivity index (χ4v) is 5.44. The fraction of sp³-hybridized carbons (Fsp3) is 0.533. The first kappa shape index (κ1) is 33.1. The highest BCUT2D eigenvalue weighted by Crippen LogP contribution is 2.22. The van der Waals surface area contributed by atoms with E-state index < -0.39 is 85.6 Å². The monoisotopic (exact) mass is 626 g/mol. The molecule has 2 saturated heterocycles. The number of fused-ring (bicyclic) bond motifs is 1. The summed E-state index contributed by atoms with van der Waals surface area (Å²) in [5.41, 5.74) is 0.959. The molecule has 1 aromatic carbocycles. The Kier molecular flexibility index (Phi) is 10.2. The van der Waals surface area contributed by atoms with Crippen LogP contribution in [0.25, 0.3) is 11.1 Å². The number of carboxylic acid groups (broad SMARTS) is 1. The number of carbonyl (C=O) groups is 7. The summed E-state index contributed by atoms with van der Waals surface area (Å²) in [7, 11) is 0. The smallest absolute Gasteiger partial charge is 0.323 e. The van der Waals surface area contributed by atoms with Crippen molar-refractivity contribution in [2.24, 2.45) is 11.8 Å². The molecule has 4 rings (SSSR count). The van der Waals surface area contributed by atoms with Gasteiger partial charge in [0.2, 0.25) is 35.3 Å². The van der Waals surface area contributed by atoms with Gasteiger partial charge in [-0.1, -0.05) is 39.8 Å². The number of benzene rings is 1. The van der Waals surface area contributed by atoms with Crippen LogP contribution in [0.4, 0.5) is 0 Å². The maximum absolute atomic E-state index is 13.7. The van der Waals surface area contributed by atoms with Gasteiger partial charge in [-0.05, 0) is 36.8 Å². The third kappa shape index (κ3) is 7.64. The number of ketones is 1. The highest BCUT2D eigenvalue weighted by Gasteiger charge is 2.41. The number of amides is 5. The number of hydrogen-bond donors (Lipinski definition) is 3. The number of piperazine rings is 1. The average Bonchev–Trinajstić information content (AvgIpc) is 3.64. The van der Waals surface area contributed by atoms with Gasteiger partial charge in [-0.3, -0.25) is 33.6 Å². The topological polar surface area (TPSA) is 200 Å². The summed E-state index contributed by atoms with van der Waals surface area (Å²) in [6.45, 7) is 5.20. The first-order chi connectivity index (χ1) is 21.3. The van der Waals surface area contributed by atoms with Gasteiger partial charge in [0.15, 0.2) is 5.58 Å². The summed E-state index contributed by atoms with van der Waals surface area (Å²) in [6, 6.07) is 4.05. The molecule has 2 aliphatic rings. The minimum absolute atomic E-state index is 0.124. The van der Waals surface area contributed by atoms with Crippen molar-refractivity contribution < 1.29 is 43.1 Å². The third-order valence-corrected chi connectivity index (χ3v) is 7.86. The number of Topliss-reactive ketones (excluding diaryl/α,β-unsaturated/α-hetero) is 1. The number of nitrogens with zero attached hydrogens (tertiary/aromatic N) is 4. The Labute approximate surface area is 259 Å². The molecule has 0 radical (unpaired) electrons. The lowest BCUT2D eigenvalue weighted by molar-refractivity contribution is -0.155. The Morgan fingerprint density at radius 3 is 2.16 bits per heavy atom. The maximum Gasteiger partial charge on any atom is 0.323 e. The molecule has 0 spiro atoms. The van der Waals surface area contributed by atoms with Gasteiger partial charge in [0.25, 0.3) is 5.89 Å². The SMILES string of the molecule is CC(C)[C@H](NC(=O)[C@@H]1CCCN1C(=O)[C@@H](NC(=O)CN1CC(=O)N(CC(=O)O)CC1=O)C(C)C)C(=O)c1nc2ccccc2o1. The number of carboxylic acids is 1. The van der Waals surface area contributed by atoms with Crippen LogP contribution in [0, 0.1) is 11.8 Å². The summed E-state index contributed by atoms with van der Waals surface area (Å²) in [6.07, 6.45) is 0.890. The number of aromatic nitrogens is 1. The lowest BCUT2D eigenvalue weighted by Gasteiger charge is -2.34. The minimum Gasteiger partial charge on any atom is -0.480 e. The predicted molar refractivity (Wildman–Crippen MR) is 157 cm³/mol. The minimum atomic E-state index is -1.26. The molecule has 1 aromatic heterocycles. The normalized spacial score (nSPS) is 18.4. The van der Waals surface area contributed by atoms with Crippen molar-refractivity contribution in [1.29, 1.82) is 0 Å². The number of carbonyl (C=O) groups excluding carboxylic acids is 6. The first-order valence-corrected chi connectivity index (χ1v) is 14.8. The molecule has 3 N–H and O–H groups in total. The Hall–Kier alpha value is -4.82. The van der Waals surface area contributed by atoms with Gasteiger partial charge in [-0.25, -0.2) is 4.98 Å². The molecule has 242 valence electrons. The zero-order valence-corrected chi connectivity index (χ0v) is 25.6. The summed E-state index contributed by atoms with van der Waals surface area (Å²) in [5, 5.41) is 14.4. The van der Waals surface area contributed by atoms with Crippen molar-refractivity contribution in [1.82, 2.24) is 30.3 Å². The van der Waals surface area contributed by atoms with Crippen molar-refractivity contribution in [3.8, 4) is 0 Å². The lowest BCUT2D eigenvalue weighted by atomic mass is 9.98. The van der Waals surface area contributed by atoms with Crippen molar-refractivity contribution in [2.45, 2.75) is 58.7 Å². The highest BCUT2D eigenvalue weighted by atomic mass is 16.4. The van der Waals surface area contributed by atoms with Crippen LogP contribution in [0.3, 0.4) is 0 Å². The second-order valence-corrected chi connectivity index (χ2v) is 12.0. The van der Waals surface area contributed by atoms with E-state index in [0.717, 1.165) is 9.80 Å². The van der Waals surface area contributed by atoms with E-state index in [9.17, 15) is 33.6 Å². The molecule has 3 atom stereocenters. The molecule has 0 bridgehead atoms. The summed E-state index contributed by atoms with van der Waals surface area (Å²) in [4.78, 5) is 96.7. The van der Waals surface area contributed by atoms with Gasteiger partial charge in [-0.2, -0.15) is 0 Å². The van der Waals surface area contributed by atoms with Crippen molar-refractivity contribution in [3.63, 3.8) is 0 Å². The highest BCUT2D eigenvalue weighted by molar-refractivity contribution is 6.01. The Bertz CT molecular complexity index is 1470. The van der Waals surface area contributed by atoms with Crippen LogP contribution in [-0.4, -0.2) is 117 Å². The van der Waals surface area contributed by atoms with Gasteiger partial charge in [0, 0.05) is 6.54 Å². The zero-order valence-electron chi connectivity index (χ0n) is 25.6. The number of para-hydroxylation sites is 2. The Morgan fingerprint density at radius 1 is 0.933 bits per heavy atom. The van der Waals surface area contributed by atoms with Crippen LogP contribution in [0.1, 0.15) is 51.2 Å². The number of nitrogens with one attached hydrogen (secondary N) is 2. The van der Waals surface area contributed by atoms with Crippen molar-refractivity contribution >= 4 is 52.4 Å². The molecule has 15 nitrogen and oxygen atoms in total. The third-order valence-electron chi connectivity index (χ3n) is 7.86. The van der Waals surface area contributed by atoms with Gasteiger partial charge >= 0.3 is 5.97 Å². The number of hydrogen-bond acceptors (Lipinski definition) is 9. The lowest BCUT2D eigenvalue weighted by Crippen LogP contribution is -2.59. The number of rotatable bonds is 12. The van der Waals surface area contributed by atoms with Crippen LogP contribution in [0.2, 0.25) is 0 Å². The van der Waals surface area contributed by atoms with Gasteiger partial charge < -0.3 is 34.9 Å². The van der Waals surface area contributed by atoms with Gasteiger partial charge in [-0.15, -0.1) is 0 Å². The van der Waals surface area contributed by atoms with Crippen molar-refractivity contribution in [2.75, 3.05) is 32.7 Å². The molecule has 0 saturated carbocycles. The molecule has 5 amide bonds. The Morgan fingerprint density at radius 2 is 1.56 bits per heavy atom. The maximum atomic E-state index is 13.7. The van der Waals surface area contributed by atoms with Crippen LogP contribution in [0.15, 0.2) is 28.7 Å². The first-order valence-electron chi connectivity index (χ1n) is 14.8. The number of aliphatic carboxylic acids is 1. The molecule has 2 fully saturated rings.